The third-order valence-electron chi connectivity index (χ3n) is 4.62. The van der Waals surface area contributed by atoms with Gasteiger partial charge >= 0.3 is 0 Å². The van der Waals surface area contributed by atoms with Crippen LogP contribution in [0.1, 0.15) is 6.92 Å². The lowest BCUT2D eigenvalue weighted by atomic mass is 10.2. The van der Waals surface area contributed by atoms with Crippen molar-refractivity contribution >= 4 is 59.1 Å². The highest BCUT2D eigenvalue weighted by Crippen LogP contribution is 2.38. The van der Waals surface area contributed by atoms with E-state index in [1.807, 2.05) is 5.38 Å². The molecule has 0 aliphatic carbocycles. The Morgan fingerprint density at radius 3 is 2.80 bits per heavy atom. The van der Waals surface area contributed by atoms with Gasteiger partial charge in [0.2, 0.25) is 21.9 Å². The Bertz CT molecular complexity index is 1180. The zero-order chi connectivity index (χ0) is 21.3. The molecule has 3 aromatic heterocycles. The van der Waals surface area contributed by atoms with Crippen LogP contribution in [0.2, 0.25) is 0 Å². The van der Waals surface area contributed by atoms with Crippen molar-refractivity contribution in [3.05, 3.63) is 22.1 Å². The summed E-state index contributed by atoms with van der Waals surface area (Å²) in [6, 6.07) is 1.69. The Kier molecular flexibility index (Phi) is 6.09. The van der Waals surface area contributed by atoms with Gasteiger partial charge in [0.25, 0.3) is 0 Å². The summed E-state index contributed by atoms with van der Waals surface area (Å²) >= 11 is 5.08. The highest BCUT2D eigenvalue weighted by Gasteiger charge is 2.21. The summed E-state index contributed by atoms with van der Waals surface area (Å²) < 4.78 is 39.2. The number of rotatable bonds is 6. The number of fused-ring (bicyclic) bond motifs is 1. The Morgan fingerprint density at radius 1 is 1.33 bits per heavy atom. The summed E-state index contributed by atoms with van der Waals surface area (Å²) in [5.74, 6) is 0.741. The molecule has 3 aromatic rings. The highest BCUT2D eigenvalue weighted by atomic mass is 79.9. The van der Waals surface area contributed by atoms with Gasteiger partial charge in [-0.1, -0.05) is 0 Å². The lowest BCUT2D eigenvalue weighted by molar-refractivity contribution is 0.122. The number of aromatic nitrogens is 3. The first-order valence-corrected chi connectivity index (χ1v) is 12.6. The molecule has 1 aliphatic rings. The van der Waals surface area contributed by atoms with Crippen LogP contribution in [0.3, 0.4) is 0 Å². The Labute approximate surface area is 186 Å². The minimum absolute atomic E-state index is 0.0583. The lowest BCUT2D eigenvalue weighted by Crippen LogP contribution is -2.37. The van der Waals surface area contributed by atoms with E-state index < -0.39 is 10.0 Å². The Morgan fingerprint density at radius 2 is 2.10 bits per heavy atom. The quantitative estimate of drug-likeness (QED) is 0.535. The van der Waals surface area contributed by atoms with Crippen molar-refractivity contribution in [3.63, 3.8) is 0 Å². The molecular formula is C18H20BrN5O4S2. The van der Waals surface area contributed by atoms with Crippen LogP contribution >= 0.6 is 27.3 Å². The number of halogens is 1. The van der Waals surface area contributed by atoms with E-state index >= 15 is 0 Å². The van der Waals surface area contributed by atoms with Gasteiger partial charge in [-0.2, -0.15) is 0 Å². The molecule has 1 fully saturated rings. The van der Waals surface area contributed by atoms with E-state index in [2.05, 4.69) is 30.5 Å². The molecule has 30 heavy (non-hydrogen) atoms. The average Bonchev–Trinajstić information content (AvgIpc) is 3.14. The number of thiophene rings is 1. The zero-order valence-electron chi connectivity index (χ0n) is 16.4. The summed E-state index contributed by atoms with van der Waals surface area (Å²) in [6.45, 7) is 4.21. The SMILES string of the molecule is CCS(=O)(=O)Nc1cc(-c2nc(N3CCOCC3)nc3c(Br)csc23)cnc1OC. The minimum Gasteiger partial charge on any atom is -0.480 e. The number of pyridine rings is 1. The number of nitrogens with one attached hydrogen (secondary N) is 1. The molecule has 0 amide bonds. The van der Waals surface area contributed by atoms with E-state index in [-0.39, 0.29) is 17.3 Å². The van der Waals surface area contributed by atoms with Crippen LogP contribution in [0.25, 0.3) is 21.5 Å². The van der Waals surface area contributed by atoms with Gasteiger partial charge in [0.15, 0.2) is 0 Å². The molecule has 160 valence electrons. The van der Waals surface area contributed by atoms with Gasteiger partial charge in [0.1, 0.15) is 11.2 Å². The molecule has 0 saturated carbocycles. The van der Waals surface area contributed by atoms with Crippen LogP contribution in [0.5, 0.6) is 5.88 Å². The number of nitrogens with zero attached hydrogens (tertiary/aromatic N) is 4. The molecule has 1 aliphatic heterocycles. The predicted molar refractivity (Wildman–Crippen MR) is 121 cm³/mol. The fraction of sp³-hybridized carbons (Fsp3) is 0.389. The van der Waals surface area contributed by atoms with E-state index in [1.165, 1.54) is 18.4 Å². The van der Waals surface area contributed by atoms with E-state index in [1.54, 1.807) is 19.2 Å². The number of anilines is 2. The van der Waals surface area contributed by atoms with Crippen molar-refractivity contribution in [1.29, 1.82) is 0 Å². The van der Waals surface area contributed by atoms with Crippen LogP contribution in [0.4, 0.5) is 11.6 Å². The van der Waals surface area contributed by atoms with Gasteiger partial charge in [-0.25, -0.2) is 23.4 Å². The number of sulfonamides is 1. The Balaban J connectivity index is 1.86. The van der Waals surface area contributed by atoms with Crippen molar-refractivity contribution in [3.8, 4) is 17.1 Å². The fourth-order valence-corrected chi connectivity index (χ4v) is 5.24. The van der Waals surface area contributed by atoms with Crippen LogP contribution < -0.4 is 14.4 Å². The molecule has 1 N–H and O–H groups in total. The van der Waals surface area contributed by atoms with Crippen molar-refractivity contribution in [2.75, 3.05) is 48.8 Å². The van der Waals surface area contributed by atoms with Crippen LogP contribution in [-0.2, 0) is 14.8 Å². The normalized spacial score (nSPS) is 14.8. The molecule has 0 bridgehead atoms. The first kappa shape index (κ1) is 21.2. The second kappa shape index (κ2) is 8.61. The van der Waals surface area contributed by atoms with Crippen molar-refractivity contribution in [1.82, 2.24) is 15.0 Å². The van der Waals surface area contributed by atoms with Gasteiger partial charge in [0, 0.05) is 30.2 Å². The number of hydrogen-bond acceptors (Lipinski definition) is 9. The number of morpholine rings is 1. The molecule has 9 nitrogen and oxygen atoms in total. The highest BCUT2D eigenvalue weighted by molar-refractivity contribution is 9.10. The summed E-state index contributed by atoms with van der Waals surface area (Å²) in [4.78, 5) is 15.9. The maximum atomic E-state index is 12.1. The van der Waals surface area contributed by atoms with Gasteiger partial charge in [0.05, 0.1) is 40.9 Å². The monoisotopic (exact) mass is 513 g/mol. The first-order valence-electron chi connectivity index (χ1n) is 9.24. The van der Waals surface area contributed by atoms with Gasteiger partial charge in [-0.3, -0.25) is 4.72 Å². The molecule has 0 spiro atoms. The average molecular weight is 514 g/mol. The van der Waals surface area contributed by atoms with Crippen molar-refractivity contribution in [2.24, 2.45) is 0 Å². The number of ether oxygens (including phenoxy) is 2. The third-order valence-corrected chi connectivity index (χ3v) is 7.79. The second-order valence-corrected chi connectivity index (χ2v) is 10.3. The third kappa shape index (κ3) is 4.22. The molecular weight excluding hydrogens is 494 g/mol. The van der Waals surface area contributed by atoms with Gasteiger partial charge in [-0.05, 0) is 28.9 Å². The summed E-state index contributed by atoms with van der Waals surface area (Å²) in [7, 11) is -2.05. The van der Waals surface area contributed by atoms with E-state index in [0.717, 1.165) is 14.7 Å². The summed E-state index contributed by atoms with van der Waals surface area (Å²) in [5, 5.41) is 1.96. The maximum absolute atomic E-state index is 12.1. The molecule has 4 heterocycles. The summed E-state index contributed by atoms with van der Waals surface area (Å²) in [5.41, 5.74) is 2.43. The maximum Gasteiger partial charge on any atom is 0.238 e. The summed E-state index contributed by atoms with van der Waals surface area (Å²) in [6.07, 6.45) is 1.63. The van der Waals surface area contributed by atoms with Gasteiger partial charge < -0.3 is 14.4 Å². The van der Waals surface area contributed by atoms with E-state index in [4.69, 9.17) is 19.4 Å². The molecule has 0 unspecified atom stereocenters. The van der Waals surface area contributed by atoms with E-state index in [0.29, 0.717) is 43.5 Å². The topological polar surface area (TPSA) is 107 Å². The second-order valence-electron chi connectivity index (χ2n) is 6.52. The van der Waals surface area contributed by atoms with E-state index in [9.17, 15) is 8.42 Å². The van der Waals surface area contributed by atoms with Crippen LogP contribution in [-0.4, -0.2) is 62.5 Å². The van der Waals surface area contributed by atoms with Crippen LogP contribution in [0.15, 0.2) is 22.1 Å². The van der Waals surface area contributed by atoms with Gasteiger partial charge in [-0.15, -0.1) is 11.3 Å². The molecule has 4 rings (SSSR count). The standard InChI is InChI=1S/C18H20BrN5O4S2/c1-3-30(25,26)23-13-8-11(9-20-17(13)27-2)14-16-15(12(19)10-29-16)22-18(21-14)24-4-6-28-7-5-24/h8-10,23H,3-7H2,1-2H3. The number of methoxy groups -OCH3 is 1. The zero-order valence-corrected chi connectivity index (χ0v) is 19.6. The minimum atomic E-state index is -3.50. The lowest BCUT2D eigenvalue weighted by Gasteiger charge is -2.27. The molecule has 1 saturated heterocycles. The predicted octanol–water partition coefficient (Wildman–Crippen LogP) is 3.12. The fourth-order valence-electron chi connectivity index (χ4n) is 3.04. The van der Waals surface area contributed by atoms with Crippen LogP contribution in [0, 0.1) is 0 Å². The van der Waals surface area contributed by atoms with Crippen molar-refractivity contribution in [2.45, 2.75) is 6.92 Å². The molecule has 12 heteroatoms. The van der Waals surface area contributed by atoms with Crippen molar-refractivity contribution < 1.29 is 17.9 Å². The molecule has 0 aromatic carbocycles. The smallest absolute Gasteiger partial charge is 0.238 e. The number of hydrogen-bond donors (Lipinski definition) is 1. The largest absolute Gasteiger partial charge is 0.480 e. The molecule has 0 radical (unpaired) electrons. The Hall–Kier alpha value is -2.02. The first-order chi connectivity index (χ1) is 14.4. The molecule has 0 atom stereocenters.